The number of aryl methyl sites for hydroxylation is 1. The van der Waals surface area contributed by atoms with Crippen LogP contribution in [0, 0.1) is 18.7 Å². The maximum Gasteiger partial charge on any atom is 0.150 e. The fraction of sp³-hybridized carbons (Fsp3) is 0.625. The summed E-state index contributed by atoms with van der Waals surface area (Å²) in [6, 6.07) is 4.92. The van der Waals surface area contributed by atoms with Crippen molar-refractivity contribution in [2.45, 2.75) is 39.2 Å². The minimum atomic E-state index is -2.89. The van der Waals surface area contributed by atoms with Crippen LogP contribution in [0.5, 0.6) is 0 Å². The first kappa shape index (κ1) is 16.4. The first-order valence-corrected chi connectivity index (χ1v) is 9.42. The third-order valence-corrected chi connectivity index (χ3v) is 6.04. The topological polar surface area (TPSA) is 46.2 Å². The van der Waals surface area contributed by atoms with Crippen LogP contribution < -0.4 is 5.32 Å². The summed E-state index contributed by atoms with van der Waals surface area (Å²) in [5.74, 6) is 0.431. The molecule has 1 fully saturated rings. The molecule has 0 aromatic heterocycles. The van der Waals surface area contributed by atoms with Gasteiger partial charge >= 0.3 is 0 Å². The molecule has 0 aliphatic carbocycles. The molecule has 0 radical (unpaired) electrons. The van der Waals surface area contributed by atoms with E-state index in [1.807, 2.05) is 6.92 Å². The minimum Gasteiger partial charge on any atom is -0.313 e. The van der Waals surface area contributed by atoms with Crippen LogP contribution in [-0.4, -0.2) is 32.5 Å². The third-order valence-electron chi connectivity index (χ3n) is 4.24. The second kappa shape index (κ2) is 6.88. The highest BCUT2D eigenvalue weighted by molar-refractivity contribution is 7.91. The number of nitrogens with one attached hydrogen (secondary N) is 1. The van der Waals surface area contributed by atoms with E-state index < -0.39 is 9.84 Å². The Kier molecular flexibility index (Phi) is 5.38. The number of benzene rings is 1. The third kappa shape index (κ3) is 4.51. The smallest absolute Gasteiger partial charge is 0.150 e. The Labute approximate surface area is 126 Å². The minimum absolute atomic E-state index is 0.0997. The van der Waals surface area contributed by atoms with Gasteiger partial charge in [0.05, 0.1) is 11.5 Å². The molecule has 3 nitrogen and oxygen atoms in total. The molecule has 1 heterocycles. The lowest BCUT2D eigenvalue weighted by atomic mass is 9.91. The zero-order valence-electron chi connectivity index (χ0n) is 12.7. The average Bonchev–Trinajstić information content (AvgIpc) is 2.78. The molecule has 1 N–H and O–H groups in total. The van der Waals surface area contributed by atoms with Gasteiger partial charge in [-0.05, 0) is 61.9 Å². The summed E-state index contributed by atoms with van der Waals surface area (Å²) >= 11 is 0. The highest BCUT2D eigenvalue weighted by atomic mass is 32.2. The van der Waals surface area contributed by atoms with Crippen molar-refractivity contribution in [2.75, 3.05) is 18.1 Å². The molecule has 0 bridgehead atoms. The van der Waals surface area contributed by atoms with Crippen LogP contribution in [-0.2, 0) is 16.3 Å². The summed E-state index contributed by atoms with van der Waals surface area (Å²) in [6.07, 6.45) is 2.39. The first-order valence-electron chi connectivity index (χ1n) is 7.60. The van der Waals surface area contributed by atoms with Crippen LogP contribution in [0.3, 0.4) is 0 Å². The molecule has 0 spiro atoms. The summed E-state index contributed by atoms with van der Waals surface area (Å²) in [5, 5.41) is 3.46. The molecule has 118 valence electrons. The number of rotatable bonds is 6. The fourth-order valence-corrected chi connectivity index (χ4v) is 4.85. The van der Waals surface area contributed by atoms with Crippen molar-refractivity contribution in [1.82, 2.24) is 5.32 Å². The maximum absolute atomic E-state index is 13.4. The Balaban J connectivity index is 2.14. The van der Waals surface area contributed by atoms with Gasteiger partial charge < -0.3 is 5.32 Å². The number of hydrogen-bond acceptors (Lipinski definition) is 3. The molecule has 1 aliphatic rings. The Morgan fingerprint density at radius 2 is 2.19 bits per heavy atom. The van der Waals surface area contributed by atoms with Gasteiger partial charge in [0.2, 0.25) is 0 Å². The van der Waals surface area contributed by atoms with Gasteiger partial charge in [-0.25, -0.2) is 12.8 Å². The van der Waals surface area contributed by atoms with E-state index in [2.05, 4.69) is 12.2 Å². The normalized spacial score (nSPS) is 22.3. The van der Waals surface area contributed by atoms with Gasteiger partial charge in [-0.2, -0.15) is 0 Å². The van der Waals surface area contributed by atoms with Crippen LogP contribution in [0.1, 0.15) is 30.9 Å². The Bertz CT molecular complexity index is 586. The standard InChI is InChI=1S/C16H24FNO2S/c1-3-7-18-16(13-6-8-21(19,20)11-13)10-14-9-15(17)5-4-12(14)2/h4-5,9,13,16,18H,3,6-8,10-11H2,1-2H3. The van der Waals surface area contributed by atoms with E-state index in [9.17, 15) is 12.8 Å². The van der Waals surface area contributed by atoms with Crippen molar-refractivity contribution in [3.8, 4) is 0 Å². The van der Waals surface area contributed by atoms with Crippen LogP contribution in [0.25, 0.3) is 0 Å². The van der Waals surface area contributed by atoms with Crippen LogP contribution in [0.15, 0.2) is 18.2 Å². The van der Waals surface area contributed by atoms with Crippen LogP contribution in [0.2, 0.25) is 0 Å². The van der Waals surface area contributed by atoms with E-state index in [1.54, 1.807) is 12.1 Å². The van der Waals surface area contributed by atoms with Crippen LogP contribution in [0.4, 0.5) is 4.39 Å². The van der Waals surface area contributed by atoms with Gasteiger partial charge in [0.1, 0.15) is 5.82 Å². The van der Waals surface area contributed by atoms with Gasteiger partial charge in [0.15, 0.2) is 9.84 Å². The molecular formula is C16H24FNO2S. The van der Waals surface area contributed by atoms with Crippen molar-refractivity contribution < 1.29 is 12.8 Å². The van der Waals surface area contributed by atoms with Gasteiger partial charge in [0.25, 0.3) is 0 Å². The number of hydrogen-bond donors (Lipinski definition) is 1. The maximum atomic E-state index is 13.4. The first-order chi connectivity index (χ1) is 9.91. The average molecular weight is 313 g/mol. The van der Waals surface area contributed by atoms with Crippen LogP contribution >= 0.6 is 0 Å². The van der Waals surface area contributed by atoms with Gasteiger partial charge in [-0.15, -0.1) is 0 Å². The molecule has 0 amide bonds. The monoisotopic (exact) mass is 313 g/mol. The van der Waals surface area contributed by atoms with E-state index in [0.29, 0.717) is 12.8 Å². The molecule has 1 aromatic carbocycles. The Morgan fingerprint density at radius 1 is 1.43 bits per heavy atom. The number of halogens is 1. The summed E-state index contributed by atoms with van der Waals surface area (Å²) < 4.78 is 36.8. The SMILES string of the molecule is CCCNC(Cc1cc(F)ccc1C)C1CCS(=O)(=O)C1. The molecular weight excluding hydrogens is 289 g/mol. The van der Waals surface area contributed by atoms with Crippen molar-refractivity contribution in [3.05, 3.63) is 35.1 Å². The van der Waals surface area contributed by atoms with Gasteiger partial charge in [-0.1, -0.05) is 13.0 Å². The van der Waals surface area contributed by atoms with E-state index in [4.69, 9.17) is 0 Å². The highest BCUT2D eigenvalue weighted by Gasteiger charge is 2.33. The van der Waals surface area contributed by atoms with Crippen molar-refractivity contribution >= 4 is 9.84 Å². The summed E-state index contributed by atoms with van der Waals surface area (Å²) in [6.45, 7) is 4.91. The zero-order valence-corrected chi connectivity index (χ0v) is 13.5. The van der Waals surface area contributed by atoms with Gasteiger partial charge in [0, 0.05) is 6.04 Å². The van der Waals surface area contributed by atoms with E-state index in [-0.39, 0.29) is 29.3 Å². The van der Waals surface area contributed by atoms with Gasteiger partial charge in [-0.3, -0.25) is 0 Å². The Morgan fingerprint density at radius 3 is 2.81 bits per heavy atom. The second-order valence-electron chi connectivity index (χ2n) is 6.00. The molecule has 2 atom stereocenters. The quantitative estimate of drug-likeness (QED) is 0.877. The molecule has 5 heteroatoms. The zero-order chi connectivity index (χ0) is 15.5. The fourth-order valence-electron chi connectivity index (χ4n) is 2.97. The summed E-state index contributed by atoms with van der Waals surface area (Å²) in [7, 11) is -2.89. The molecule has 2 unspecified atom stereocenters. The Hall–Kier alpha value is -0.940. The van der Waals surface area contributed by atoms with Crippen molar-refractivity contribution in [3.63, 3.8) is 0 Å². The van der Waals surface area contributed by atoms with Crippen molar-refractivity contribution in [1.29, 1.82) is 0 Å². The number of sulfone groups is 1. The lowest BCUT2D eigenvalue weighted by molar-refractivity contribution is 0.378. The lowest BCUT2D eigenvalue weighted by Gasteiger charge is -2.25. The predicted octanol–water partition coefficient (Wildman–Crippen LogP) is 2.48. The molecule has 1 saturated heterocycles. The molecule has 21 heavy (non-hydrogen) atoms. The van der Waals surface area contributed by atoms with E-state index >= 15 is 0 Å². The lowest BCUT2D eigenvalue weighted by Crippen LogP contribution is -2.39. The van der Waals surface area contributed by atoms with E-state index in [1.165, 1.54) is 6.07 Å². The van der Waals surface area contributed by atoms with Crippen molar-refractivity contribution in [2.24, 2.45) is 5.92 Å². The van der Waals surface area contributed by atoms with E-state index in [0.717, 1.165) is 24.1 Å². The largest absolute Gasteiger partial charge is 0.313 e. The second-order valence-corrected chi connectivity index (χ2v) is 8.23. The summed E-state index contributed by atoms with van der Waals surface area (Å²) in [4.78, 5) is 0. The molecule has 0 saturated carbocycles. The molecule has 1 aliphatic heterocycles. The summed E-state index contributed by atoms with van der Waals surface area (Å²) in [5.41, 5.74) is 2.02. The molecule has 2 rings (SSSR count). The molecule has 1 aromatic rings. The predicted molar refractivity (Wildman–Crippen MR) is 83.7 cm³/mol. The highest BCUT2D eigenvalue weighted by Crippen LogP contribution is 2.25.